The number of rotatable bonds is 15. The molecule has 8 fully saturated rings. The number of aliphatic carboxylic acids is 1. The monoisotopic (exact) mass is 1520 g/mol. The minimum atomic E-state index is -3.86. The van der Waals surface area contributed by atoms with E-state index in [4.69, 9.17) is 34.2 Å². The molecule has 0 unspecified atom stereocenters. The molecule has 6 aliphatic carbocycles. The number of carboxylic acids is 1. The van der Waals surface area contributed by atoms with Gasteiger partial charge in [-0.2, -0.15) is 0 Å². The summed E-state index contributed by atoms with van der Waals surface area (Å²) in [6.45, 7) is 11.4. The first-order valence-electron chi connectivity index (χ1n) is 37.8. The van der Waals surface area contributed by atoms with Crippen molar-refractivity contribution in [3.8, 4) is 11.5 Å². The third-order valence-electron chi connectivity index (χ3n) is 23.6. The van der Waals surface area contributed by atoms with Crippen molar-refractivity contribution in [3.63, 3.8) is 0 Å². The van der Waals surface area contributed by atoms with Gasteiger partial charge in [-0.15, -0.1) is 0 Å². The number of carbonyl (C=O) groups is 8. The molecule has 584 valence electrons. The summed E-state index contributed by atoms with van der Waals surface area (Å²) in [7, 11) is -0.907. The summed E-state index contributed by atoms with van der Waals surface area (Å²) in [5.74, 6) is -1.57. The van der Waals surface area contributed by atoms with Crippen LogP contribution in [0.4, 0.5) is 9.59 Å². The number of carbonyl (C=O) groups excluding carboxylic acids is 7. The van der Waals surface area contributed by atoms with Gasteiger partial charge in [0.05, 0.1) is 56.6 Å². The van der Waals surface area contributed by atoms with Crippen LogP contribution in [0.2, 0.25) is 0 Å². The Morgan fingerprint density at radius 1 is 0.551 bits per heavy atom. The van der Waals surface area contributed by atoms with Gasteiger partial charge in [0.15, 0.2) is 0 Å². The Hall–Kier alpha value is -7.86. The standard InChI is InChI=1S/C39H52N4O9S.C29H38N2O7.C10H16N2O3S/c1-37(2,3)32-34(45)43-22-38(51-5,21-30(43)33(44)41-39(20-29(39)24-10-11-24)35(46)42-53(48,49)26-15-16-26)25-14-12-23-13-17-31(50-4)27(28(23)19-25)9-7-6-8-18-52-36(47)40-32;1-28(2,3)24-25(32)31-17-29(37-5,16-22(31)26(33)34)19-12-10-18-11-13-23(36-4)20(21(18)15-19)9-7-6-8-14-38-27(35)30-24;11-10(5-8(10)6-1-2-6)9(13)12-16(14,15)7-3-4-7/h12-14,17,19,24,26,29-30,32H,6-11,15-16,18,20-22H2,1-5H3,(H,40,47)(H,41,44)(H,42,46);10-13,15,22,24H,6-9,14,16-17H2,1-5H3,(H,30,35)(H,33,34);6-8H,1-5,11H2,(H,12,13)/t29-,30-,32+,38-,39+;22-,24+,29-;8-,10+/m000/s1. The molecular formula is C78H106N8O19S2. The zero-order chi connectivity index (χ0) is 77.1. The minimum Gasteiger partial charge on any atom is -0.496 e. The lowest BCUT2D eigenvalue weighted by molar-refractivity contribution is -0.150. The summed E-state index contributed by atoms with van der Waals surface area (Å²) in [6, 6.07) is 15.7. The molecule has 8 bridgehead atoms. The molecule has 0 aromatic heterocycles. The van der Waals surface area contributed by atoms with E-state index in [1.807, 2.05) is 96.1 Å². The summed E-state index contributed by atoms with van der Waals surface area (Å²) < 4.78 is 88.1. The topological polar surface area (TPSA) is 373 Å². The molecule has 4 heterocycles. The van der Waals surface area contributed by atoms with Crippen molar-refractivity contribution in [1.82, 2.24) is 35.2 Å². The third-order valence-corrected chi connectivity index (χ3v) is 27.3. The zero-order valence-corrected chi connectivity index (χ0v) is 64.7. The van der Waals surface area contributed by atoms with E-state index in [1.54, 1.807) is 28.4 Å². The number of amides is 7. The molecular weight excluding hydrogens is 1420 g/mol. The van der Waals surface area contributed by atoms with E-state index in [2.05, 4.69) is 31.5 Å². The Morgan fingerprint density at radius 2 is 0.972 bits per heavy atom. The fraction of sp³-hybridized carbons (Fsp3) is 0.641. The Balaban J connectivity index is 0.000000171. The average Bonchev–Trinajstić information content (AvgIpc) is 1.56. The molecule has 4 aromatic rings. The van der Waals surface area contributed by atoms with Gasteiger partial charge in [-0.3, -0.25) is 33.4 Å². The highest BCUT2D eigenvalue weighted by molar-refractivity contribution is 7.91. The number of ether oxygens (including phenoxy) is 6. The molecule has 14 rings (SSSR count). The number of nitrogens with one attached hydrogen (secondary N) is 5. The van der Waals surface area contributed by atoms with Crippen molar-refractivity contribution >= 4 is 89.3 Å². The SMILES string of the molecule is COc1ccc2ccc3cc2c1CCCCCOC(=O)N[C@@H](C(C)(C)C)C(=O)N1C[C@@]3(OC)C[C@H]1C(=O)N[C@]1(C(=O)NS(=O)(=O)C2CC2)C[C@H]1C1CC1.COc1ccc2ccc3cc2c1CCCCCOC(=O)N[C@@H](C(C)(C)C)C(=O)N1C[C@@]3(OC)C[C@H]1C(=O)O.N[C@]1(C(=O)NS(=O)(=O)C2CC2)C[C@H]1C1CC1. The van der Waals surface area contributed by atoms with Gasteiger partial charge in [-0.25, -0.2) is 31.2 Å². The van der Waals surface area contributed by atoms with Crippen molar-refractivity contribution in [2.75, 3.05) is 54.7 Å². The quantitative estimate of drug-likeness (QED) is 0.0592. The summed E-state index contributed by atoms with van der Waals surface area (Å²) in [6.07, 6.45) is 12.2. The number of methoxy groups -OCH3 is 4. The molecule has 0 radical (unpaired) electrons. The number of carboxylic acid groups (broad SMARTS) is 1. The van der Waals surface area contributed by atoms with Gasteiger partial charge >= 0.3 is 18.2 Å². The van der Waals surface area contributed by atoms with E-state index in [-0.39, 0.29) is 62.1 Å². The van der Waals surface area contributed by atoms with Crippen LogP contribution in [0.3, 0.4) is 0 Å². The normalized spacial score (nSPS) is 29.3. The van der Waals surface area contributed by atoms with Crippen LogP contribution in [0.5, 0.6) is 11.5 Å². The van der Waals surface area contributed by atoms with E-state index in [0.29, 0.717) is 57.3 Å². The van der Waals surface area contributed by atoms with Crippen LogP contribution in [0.25, 0.3) is 21.5 Å². The first-order chi connectivity index (χ1) is 50.6. The van der Waals surface area contributed by atoms with Gasteiger partial charge in [0, 0.05) is 38.2 Å². The maximum Gasteiger partial charge on any atom is 0.407 e. The minimum absolute atomic E-state index is 0.0180. The number of fused-ring (bicyclic) bond motifs is 8. The van der Waals surface area contributed by atoms with Crippen molar-refractivity contribution < 1.29 is 88.7 Å². The fourth-order valence-electron chi connectivity index (χ4n) is 16.4. The molecule has 27 nitrogen and oxygen atoms in total. The maximum atomic E-state index is 14.8. The molecule has 29 heteroatoms. The number of hydrogen-bond donors (Lipinski definition) is 7. The van der Waals surface area contributed by atoms with Crippen LogP contribution in [0, 0.1) is 34.5 Å². The van der Waals surface area contributed by atoms with Crippen LogP contribution < -0.4 is 40.6 Å². The van der Waals surface area contributed by atoms with Gasteiger partial charge in [-0.1, -0.05) is 77.9 Å². The molecule has 10 atom stereocenters. The van der Waals surface area contributed by atoms with Gasteiger partial charge in [0.25, 0.3) is 11.8 Å². The Morgan fingerprint density at radius 3 is 1.38 bits per heavy atom. The predicted octanol–water partition coefficient (Wildman–Crippen LogP) is 8.02. The molecule has 8 N–H and O–H groups in total. The number of nitrogens with two attached hydrogens (primary N) is 1. The highest BCUT2D eigenvalue weighted by Crippen LogP contribution is 2.58. The van der Waals surface area contributed by atoms with Crippen LogP contribution in [0.15, 0.2) is 60.7 Å². The average molecular weight is 1520 g/mol. The van der Waals surface area contributed by atoms with E-state index < -0.39 is 130 Å². The number of cyclic esters (lactones) is 2. The molecule has 10 aliphatic rings. The Kier molecular flexibility index (Phi) is 22.2. The molecule has 7 amide bonds. The molecule has 4 aromatic carbocycles. The van der Waals surface area contributed by atoms with Crippen LogP contribution in [-0.4, -0.2) is 180 Å². The molecule has 6 saturated carbocycles. The van der Waals surface area contributed by atoms with Crippen LogP contribution in [-0.2, 0) is 91.8 Å². The van der Waals surface area contributed by atoms with Crippen molar-refractivity contribution in [2.24, 2.45) is 40.2 Å². The summed E-state index contributed by atoms with van der Waals surface area (Å²) in [5.41, 5.74) is 3.64. The largest absolute Gasteiger partial charge is 0.496 e. The van der Waals surface area contributed by atoms with Crippen molar-refractivity contribution in [3.05, 3.63) is 82.9 Å². The van der Waals surface area contributed by atoms with E-state index >= 15 is 0 Å². The van der Waals surface area contributed by atoms with Gasteiger partial charge in [0.2, 0.25) is 37.8 Å². The second kappa shape index (κ2) is 30.2. The molecule has 4 aliphatic heterocycles. The highest BCUT2D eigenvalue weighted by Gasteiger charge is 2.68. The number of sulfonamides is 2. The number of hydrogen-bond acceptors (Lipinski definition) is 19. The van der Waals surface area contributed by atoms with Crippen LogP contribution >= 0.6 is 0 Å². The second-order valence-corrected chi connectivity index (χ2v) is 37.3. The van der Waals surface area contributed by atoms with E-state index in [1.165, 1.54) is 9.80 Å². The molecule has 107 heavy (non-hydrogen) atoms. The number of nitrogens with zero attached hydrogens (tertiary/aromatic N) is 2. The highest BCUT2D eigenvalue weighted by atomic mass is 32.2. The van der Waals surface area contributed by atoms with Gasteiger partial charge < -0.3 is 65.0 Å². The van der Waals surface area contributed by atoms with E-state index in [0.717, 1.165) is 120 Å². The molecule has 2 saturated heterocycles. The molecule has 0 spiro atoms. The summed E-state index contributed by atoms with van der Waals surface area (Å²) >= 11 is 0. The fourth-order valence-corrected chi connectivity index (χ4v) is 19.1. The lowest BCUT2D eigenvalue weighted by Crippen LogP contribution is -2.60. The predicted molar refractivity (Wildman–Crippen MR) is 396 cm³/mol. The number of benzene rings is 4. The third kappa shape index (κ3) is 16.7. The Labute approximate surface area is 626 Å². The summed E-state index contributed by atoms with van der Waals surface area (Å²) in [4.78, 5) is 110. The van der Waals surface area contributed by atoms with Crippen molar-refractivity contribution in [1.29, 1.82) is 0 Å². The van der Waals surface area contributed by atoms with Gasteiger partial charge in [-0.05, 0) is 207 Å². The van der Waals surface area contributed by atoms with Gasteiger partial charge in [0.1, 0.15) is 52.4 Å². The second-order valence-electron chi connectivity index (χ2n) is 33.4. The first kappa shape index (κ1) is 78.7. The van der Waals surface area contributed by atoms with Crippen LogP contribution in [0.1, 0.15) is 179 Å². The maximum absolute atomic E-state index is 14.8. The lowest BCUT2D eigenvalue weighted by atomic mass is 9.85. The zero-order valence-electron chi connectivity index (χ0n) is 63.1. The smallest absolute Gasteiger partial charge is 0.407 e. The summed E-state index contributed by atoms with van der Waals surface area (Å²) in [5, 5.41) is 21.7. The number of aryl methyl sites for hydroxylation is 2. The number of alkyl carbamates (subject to hydrolysis) is 2. The Bertz CT molecular complexity index is 4380. The first-order valence-corrected chi connectivity index (χ1v) is 40.9. The van der Waals surface area contributed by atoms with E-state index in [9.17, 15) is 60.3 Å². The van der Waals surface area contributed by atoms with Crippen molar-refractivity contribution in [2.45, 2.75) is 227 Å². The lowest BCUT2D eigenvalue weighted by Gasteiger charge is -2.36.